The highest BCUT2D eigenvalue weighted by Gasteiger charge is 2.40. The van der Waals surface area contributed by atoms with Crippen molar-refractivity contribution < 1.29 is 13.3 Å². The maximum absolute atomic E-state index is 5.75. The second-order valence-electron chi connectivity index (χ2n) is 4.94. The largest absolute Gasteiger partial charge is 0.577 e. The third-order valence-corrected chi connectivity index (χ3v) is 5.24. The molecule has 97 valence electrons. The minimum atomic E-state index is -1.48. The molecule has 0 aromatic rings. The van der Waals surface area contributed by atoms with Gasteiger partial charge in [0.05, 0.1) is 0 Å². The summed E-state index contributed by atoms with van der Waals surface area (Å²) in [7, 11) is -1.48. The van der Waals surface area contributed by atoms with Gasteiger partial charge < -0.3 is 13.3 Å². The van der Waals surface area contributed by atoms with Crippen LogP contribution in [0.15, 0.2) is 12.2 Å². The van der Waals surface area contributed by atoms with Gasteiger partial charge >= 0.3 is 9.53 Å². The Kier molecular flexibility index (Phi) is 4.79. The summed E-state index contributed by atoms with van der Waals surface area (Å²) < 4.78 is 16.7. The predicted octanol–water partition coefficient (Wildman–Crippen LogP) is 2.81. The van der Waals surface area contributed by atoms with E-state index in [0.717, 1.165) is 18.9 Å². The molecular formula is C13H23O3Si. The Hall–Kier alpha value is -0.163. The van der Waals surface area contributed by atoms with Gasteiger partial charge in [-0.15, -0.1) is 0 Å². The molecule has 0 aromatic heterocycles. The van der Waals surface area contributed by atoms with Crippen molar-refractivity contribution in [2.45, 2.75) is 39.5 Å². The predicted molar refractivity (Wildman–Crippen MR) is 68.5 cm³/mol. The van der Waals surface area contributed by atoms with Crippen LogP contribution in [0.2, 0.25) is 0 Å². The van der Waals surface area contributed by atoms with Gasteiger partial charge in [0, 0.05) is 19.8 Å². The Morgan fingerprint density at radius 3 is 2.47 bits per heavy atom. The second kappa shape index (κ2) is 6.14. The van der Waals surface area contributed by atoms with E-state index in [1.54, 1.807) is 0 Å². The molecule has 0 heterocycles. The first kappa shape index (κ1) is 13.3. The van der Waals surface area contributed by atoms with Crippen molar-refractivity contribution in [3.8, 4) is 0 Å². The number of fused-ring (bicyclic) bond motifs is 2. The number of rotatable bonds is 8. The lowest BCUT2D eigenvalue weighted by molar-refractivity contribution is 0.0920. The highest BCUT2D eigenvalue weighted by atomic mass is 28.3. The molecule has 3 nitrogen and oxygen atoms in total. The van der Waals surface area contributed by atoms with Gasteiger partial charge in [-0.3, -0.25) is 0 Å². The van der Waals surface area contributed by atoms with Crippen LogP contribution in [0.3, 0.4) is 0 Å². The van der Waals surface area contributed by atoms with Crippen molar-refractivity contribution in [3.63, 3.8) is 0 Å². The van der Waals surface area contributed by atoms with Gasteiger partial charge in [-0.05, 0) is 50.9 Å². The van der Waals surface area contributed by atoms with Gasteiger partial charge in [0.25, 0.3) is 0 Å². The molecule has 4 heteroatoms. The molecule has 2 unspecified atom stereocenters. The van der Waals surface area contributed by atoms with Gasteiger partial charge in [-0.2, -0.15) is 0 Å². The smallest absolute Gasteiger partial charge is 0.371 e. The molecule has 2 aliphatic carbocycles. The molecule has 0 N–H and O–H groups in total. The highest BCUT2D eigenvalue weighted by molar-refractivity contribution is 6.36. The molecule has 0 saturated heterocycles. The molecule has 1 radical (unpaired) electrons. The number of hydrogen-bond acceptors (Lipinski definition) is 3. The van der Waals surface area contributed by atoms with E-state index in [0.29, 0.717) is 18.6 Å². The zero-order chi connectivity index (χ0) is 12.1. The normalized spacial score (nSPS) is 30.6. The first-order valence-corrected chi connectivity index (χ1v) is 7.95. The van der Waals surface area contributed by atoms with Crippen LogP contribution in [0.1, 0.15) is 39.5 Å². The van der Waals surface area contributed by atoms with E-state index in [-0.39, 0.29) is 0 Å². The van der Waals surface area contributed by atoms with Crippen LogP contribution < -0.4 is 0 Å². The Balaban J connectivity index is 1.69. The monoisotopic (exact) mass is 255 g/mol. The molecule has 0 aromatic carbocycles. The fourth-order valence-electron chi connectivity index (χ4n) is 2.86. The number of allylic oxidation sites excluding steroid dienone is 2. The number of hydrogen-bond donors (Lipinski definition) is 0. The molecule has 0 amide bonds. The van der Waals surface area contributed by atoms with E-state index in [2.05, 4.69) is 12.2 Å². The van der Waals surface area contributed by atoms with E-state index in [1.807, 2.05) is 13.8 Å². The lowest BCUT2D eigenvalue weighted by Gasteiger charge is -2.24. The summed E-state index contributed by atoms with van der Waals surface area (Å²) >= 11 is 0. The van der Waals surface area contributed by atoms with Crippen molar-refractivity contribution in [3.05, 3.63) is 12.2 Å². The first-order valence-electron chi connectivity index (χ1n) is 6.73. The summed E-state index contributed by atoms with van der Waals surface area (Å²) in [5, 5.41) is 0. The summed E-state index contributed by atoms with van der Waals surface area (Å²) in [6.07, 6.45) is 9.96. The summed E-state index contributed by atoms with van der Waals surface area (Å²) in [5.74, 6) is 0.846. The van der Waals surface area contributed by atoms with Crippen LogP contribution in [0.25, 0.3) is 0 Å². The van der Waals surface area contributed by atoms with Crippen molar-refractivity contribution in [2.75, 3.05) is 19.8 Å². The zero-order valence-electron chi connectivity index (χ0n) is 10.9. The van der Waals surface area contributed by atoms with E-state index in [1.165, 1.54) is 19.3 Å². The van der Waals surface area contributed by atoms with Crippen LogP contribution in [-0.4, -0.2) is 29.3 Å². The average Bonchev–Trinajstić information content (AvgIpc) is 2.90. The molecule has 1 fully saturated rings. The lowest BCUT2D eigenvalue weighted by Crippen LogP contribution is -2.29. The topological polar surface area (TPSA) is 27.7 Å². The lowest BCUT2D eigenvalue weighted by atomic mass is 9.85. The highest BCUT2D eigenvalue weighted by Crippen LogP contribution is 2.51. The van der Waals surface area contributed by atoms with Gasteiger partial charge in [0.1, 0.15) is 0 Å². The van der Waals surface area contributed by atoms with Crippen molar-refractivity contribution in [2.24, 2.45) is 11.3 Å². The van der Waals surface area contributed by atoms with Gasteiger partial charge in [0.15, 0.2) is 0 Å². The van der Waals surface area contributed by atoms with Crippen LogP contribution in [0, 0.1) is 11.3 Å². The van der Waals surface area contributed by atoms with Crippen LogP contribution in [-0.2, 0) is 13.3 Å². The Morgan fingerprint density at radius 1 is 1.24 bits per heavy atom. The van der Waals surface area contributed by atoms with Crippen molar-refractivity contribution >= 4 is 9.53 Å². The second-order valence-corrected chi connectivity index (χ2v) is 6.30. The Labute approximate surface area is 106 Å². The van der Waals surface area contributed by atoms with Gasteiger partial charge in [0.2, 0.25) is 0 Å². The van der Waals surface area contributed by atoms with Crippen LogP contribution in [0.4, 0.5) is 0 Å². The third kappa shape index (κ3) is 3.41. The summed E-state index contributed by atoms with van der Waals surface area (Å²) in [6.45, 7) is 6.06. The van der Waals surface area contributed by atoms with E-state index < -0.39 is 9.53 Å². The minimum Gasteiger partial charge on any atom is -0.371 e. The van der Waals surface area contributed by atoms with E-state index in [4.69, 9.17) is 13.3 Å². The van der Waals surface area contributed by atoms with Crippen LogP contribution >= 0.6 is 0 Å². The molecule has 17 heavy (non-hydrogen) atoms. The molecule has 2 aliphatic rings. The van der Waals surface area contributed by atoms with E-state index >= 15 is 0 Å². The van der Waals surface area contributed by atoms with E-state index in [9.17, 15) is 0 Å². The fraction of sp³-hybridized carbons (Fsp3) is 0.846. The molecule has 2 bridgehead atoms. The van der Waals surface area contributed by atoms with Crippen LogP contribution in [0.5, 0.6) is 0 Å². The molecule has 2 atom stereocenters. The first-order chi connectivity index (χ1) is 8.28. The van der Waals surface area contributed by atoms with Crippen molar-refractivity contribution in [1.82, 2.24) is 0 Å². The quantitative estimate of drug-likeness (QED) is 0.493. The molecule has 0 spiro atoms. The zero-order valence-corrected chi connectivity index (χ0v) is 11.9. The van der Waals surface area contributed by atoms with Gasteiger partial charge in [-0.1, -0.05) is 12.2 Å². The summed E-state index contributed by atoms with van der Waals surface area (Å²) in [4.78, 5) is 0. The fourth-order valence-corrected chi connectivity index (χ4v) is 3.85. The Bertz CT molecular complexity index is 263. The standard InChI is InChI=1S/C13H23O3Si/c1-3-14-17(15-4-2)16-10-9-13-7-5-12(11-13)6-8-13/h5,7,12H,3-4,6,8-11H2,1-2H3. The maximum atomic E-state index is 5.75. The summed E-state index contributed by atoms with van der Waals surface area (Å²) in [5.41, 5.74) is 0.441. The average molecular weight is 255 g/mol. The molecular weight excluding hydrogens is 232 g/mol. The Morgan fingerprint density at radius 2 is 2.00 bits per heavy atom. The molecule has 1 saturated carbocycles. The molecule has 2 rings (SSSR count). The minimum absolute atomic E-state index is 0.441. The SMILES string of the molecule is CCO[Si](OCC)OCCC12C=CC(CC1)C2. The third-order valence-electron chi connectivity index (χ3n) is 3.75. The maximum Gasteiger partial charge on any atom is 0.577 e. The van der Waals surface area contributed by atoms with Gasteiger partial charge in [-0.25, -0.2) is 0 Å². The van der Waals surface area contributed by atoms with Crippen molar-refractivity contribution in [1.29, 1.82) is 0 Å². The molecule has 0 aliphatic heterocycles. The summed E-state index contributed by atoms with van der Waals surface area (Å²) in [6, 6.07) is 0.